The number of hydrogen-bond acceptors (Lipinski definition) is 3. The molecular weight excluding hydrogens is 237 g/mol. The number of halogens is 1. The monoisotopic (exact) mass is 249 g/mol. The molecule has 17 heavy (non-hydrogen) atoms. The Kier molecular flexibility index (Phi) is 2.52. The molecule has 0 bridgehead atoms. The highest BCUT2D eigenvalue weighted by Gasteiger charge is 2.23. The minimum atomic E-state index is -0.269. The van der Waals surface area contributed by atoms with Gasteiger partial charge >= 0.3 is 0 Å². The number of benzene rings is 1. The molecule has 0 amide bonds. The lowest BCUT2D eigenvalue weighted by Gasteiger charge is -2.27. The number of nitrogens with one attached hydrogen (secondary N) is 1. The van der Waals surface area contributed by atoms with Crippen LogP contribution in [0.5, 0.6) is 5.75 Å². The van der Waals surface area contributed by atoms with Gasteiger partial charge in [0.1, 0.15) is 11.6 Å². The molecule has 1 N–H and O–H groups in total. The standard InChI is InChI=1S/C13H12FNOS/c1-8-4-5-17-13(8)12-7-15-10-3-2-9(14)6-11(10)16-12/h2-6,12,15H,7H2,1H3. The molecule has 0 aliphatic carbocycles. The number of anilines is 1. The molecule has 4 heteroatoms. The van der Waals surface area contributed by atoms with E-state index in [0.717, 1.165) is 12.2 Å². The summed E-state index contributed by atoms with van der Waals surface area (Å²) in [5.41, 5.74) is 2.08. The molecular formula is C13H12FNOS. The lowest BCUT2D eigenvalue weighted by Crippen LogP contribution is -2.23. The second kappa shape index (κ2) is 4.04. The molecule has 1 aromatic heterocycles. The summed E-state index contributed by atoms with van der Waals surface area (Å²) in [6.07, 6.45) is -0.0238. The molecule has 1 atom stereocenters. The van der Waals surface area contributed by atoms with Crippen LogP contribution in [0, 0.1) is 12.7 Å². The summed E-state index contributed by atoms with van der Waals surface area (Å²) in [6.45, 7) is 2.79. The molecule has 0 spiro atoms. The van der Waals surface area contributed by atoms with E-state index >= 15 is 0 Å². The van der Waals surface area contributed by atoms with Gasteiger partial charge in [0, 0.05) is 10.9 Å². The van der Waals surface area contributed by atoms with E-state index in [2.05, 4.69) is 23.7 Å². The van der Waals surface area contributed by atoms with Crippen LogP contribution >= 0.6 is 11.3 Å². The molecule has 3 rings (SSSR count). The predicted molar refractivity (Wildman–Crippen MR) is 67.3 cm³/mol. The van der Waals surface area contributed by atoms with Crippen LogP contribution in [-0.4, -0.2) is 6.54 Å². The zero-order valence-electron chi connectivity index (χ0n) is 9.37. The number of thiophene rings is 1. The summed E-state index contributed by atoms with van der Waals surface area (Å²) in [6, 6.07) is 6.65. The lowest BCUT2D eigenvalue weighted by atomic mass is 10.1. The van der Waals surface area contributed by atoms with E-state index < -0.39 is 0 Å². The van der Waals surface area contributed by atoms with Gasteiger partial charge in [-0.25, -0.2) is 4.39 Å². The first kappa shape index (κ1) is 10.6. The minimum Gasteiger partial charge on any atom is -0.481 e. The van der Waals surface area contributed by atoms with Gasteiger partial charge in [0.15, 0.2) is 6.10 Å². The Labute approximate surface area is 103 Å². The normalized spacial score (nSPS) is 18.1. The molecule has 0 saturated carbocycles. The summed E-state index contributed by atoms with van der Waals surface area (Å²) in [5.74, 6) is 0.322. The van der Waals surface area contributed by atoms with Gasteiger partial charge in [-0.05, 0) is 36.1 Å². The summed E-state index contributed by atoms with van der Waals surface area (Å²) in [5, 5.41) is 5.32. The van der Waals surface area contributed by atoms with Crippen LogP contribution in [0.1, 0.15) is 16.5 Å². The van der Waals surface area contributed by atoms with Crippen LogP contribution in [0.25, 0.3) is 0 Å². The highest BCUT2D eigenvalue weighted by molar-refractivity contribution is 7.10. The fourth-order valence-electron chi connectivity index (χ4n) is 2.00. The highest BCUT2D eigenvalue weighted by Crippen LogP contribution is 2.36. The summed E-state index contributed by atoms with van der Waals surface area (Å²) < 4.78 is 19.0. The quantitative estimate of drug-likeness (QED) is 0.831. The van der Waals surface area contributed by atoms with Crippen molar-refractivity contribution < 1.29 is 9.13 Å². The molecule has 2 aromatic rings. The SMILES string of the molecule is Cc1ccsc1C1CNc2ccc(F)cc2O1. The molecule has 88 valence electrons. The first-order chi connectivity index (χ1) is 8.24. The van der Waals surface area contributed by atoms with Crippen molar-refractivity contribution in [3.8, 4) is 5.75 Å². The number of fused-ring (bicyclic) bond motifs is 1. The van der Waals surface area contributed by atoms with Crippen molar-refractivity contribution in [3.63, 3.8) is 0 Å². The third-order valence-electron chi connectivity index (χ3n) is 2.88. The maximum atomic E-state index is 13.1. The fourth-order valence-corrected chi connectivity index (χ4v) is 2.95. The molecule has 1 aromatic carbocycles. The molecule has 0 saturated heterocycles. The molecule has 1 unspecified atom stereocenters. The Balaban J connectivity index is 1.92. The van der Waals surface area contributed by atoms with Gasteiger partial charge in [0.25, 0.3) is 0 Å². The second-order valence-corrected chi connectivity index (χ2v) is 5.04. The van der Waals surface area contributed by atoms with Crippen LogP contribution in [0.2, 0.25) is 0 Å². The zero-order chi connectivity index (χ0) is 11.8. The average molecular weight is 249 g/mol. The van der Waals surface area contributed by atoms with Crippen molar-refractivity contribution in [2.75, 3.05) is 11.9 Å². The maximum absolute atomic E-state index is 13.1. The van der Waals surface area contributed by atoms with Gasteiger partial charge < -0.3 is 10.1 Å². The Morgan fingerprint density at radius 2 is 2.29 bits per heavy atom. The van der Waals surface area contributed by atoms with E-state index in [1.54, 1.807) is 17.4 Å². The van der Waals surface area contributed by atoms with Crippen molar-refractivity contribution in [1.29, 1.82) is 0 Å². The topological polar surface area (TPSA) is 21.3 Å². The van der Waals surface area contributed by atoms with Crippen LogP contribution in [0.4, 0.5) is 10.1 Å². The highest BCUT2D eigenvalue weighted by atomic mass is 32.1. The van der Waals surface area contributed by atoms with Gasteiger partial charge in [-0.1, -0.05) is 0 Å². The van der Waals surface area contributed by atoms with E-state index in [0.29, 0.717) is 5.75 Å². The van der Waals surface area contributed by atoms with Crippen LogP contribution < -0.4 is 10.1 Å². The summed E-state index contributed by atoms with van der Waals surface area (Å²) in [7, 11) is 0. The lowest BCUT2D eigenvalue weighted by molar-refractivity contribution is 0.212. The molecule has 0 radical (unpaired) electrons. The Bertz CT molecular complexity index is 552. The number of rotatable bonds is 1. The van der Waals surface area contributed by atoms with E-state index in [1.807, 2.05) is 0 Å². The number of hydrogen-bond donors (Lipinski definition) is 1. The first-order valence-corrected chi connectivity index (χ1v) is 6.36. The van der Waals surface area contributed by atoms with E-state index in [9.17, 15) is 4.39 Å². The van der Waals surface area contributed by atoms with Crippen molar-refractivity contribution in [1.82, 2.24) is 0 Å². The van der Waals surface area contributed by atoms with Gasteiger partial charge in [-0.2, -0.15) is 0 Å². The van der Waals surface area contributed by atoms with E-state index in [4.69, 9.17) is 4.74 Å². The largest absolute Gasteiger partial charge is 0.481 e. The molecule has 0 fully saturated rings. The average Bonchev–Trinajstić information content (AvgIpc) is 2.74. The second-order valence-electron chi connectivity index (χ2n) is 4.10. The van der Waals surface area contributed by atoms with Crippen molar-refractivity contribution in [2.24, 2.45) is 0 Å². The van der Waals surface area contributed by atoms with Gasteiger partial charge in [-0.15, -0.1) is 11.3 Å². The Morgan fingerprint density at radius 3 is 3.06 bits per heavy atom. The molecule has 1 aliphatic heterocycles. The zero-order valence-corrected chi connectivity index (χ0v) is 10.2. The number of ether oxygens (including phenoxy) is 1. The van der Waals surface area contributed by atoms with Crippen molar-refractivity contribution >= 4 is 17.0 Å². The molecule has 2 nitrogen and oxygen atoms in total. The predicted octanol–water partition coefficient (Wildman–Crippen LogP) is 3.74. The van der Waals surface area contributed by atoms with E-state index in [1.165, 1.54) is 22.6 Å². The van der Waals surface area contributed by atoms with Crippen molar-refractivity contribution in [2.45, 2.75) is 13.0 Å². The fraction of sp³-hybridized carbons (Fsp3) is 0.231. The van der Waals surface area contributed by atoms with E-state index in [-0.39, 0.29) is 11.9 Å². The molecule has 1 aliphatic rings. The van der Waals surface area contributed by atoms with Gasteiger partial charge in [0.05, 0.1) is 12.2 Å². The summed E-state index contributed by atoms with van der Waals surface area (Å²) in [4.78, 5) is 1.20. The molecule has 2 heterocycles. The third kappa shape index (κ3) is 1.89. The minimum absolute atomic E-state index is 0.0238. The first-order valence-electron chi connectivity index (χ1n) is 5.48. The van der Waals surface area contributed by atoms with Crippen LogP contribution in [0.15, 0.2) is 29.6 Å². The summed E-state index contributed by atoms with van der Waals surface area (Å²) >= 11 is 1.68. The van der Waals surface area contributed by atoms with Crippen LogP contribution in [-0.2, 0) is 0 Å². The van der Waals surface area contributed by atoms with Gasteiger partial charge in [0.2, 0.25) is 0 Å². The van der Waals surface area contributed by atoms with Crippen molar-refractivity contribution in [3.05, 3.63) is 45.9 Å². The Morgan fingerprint density at radius 1 is 1.41 bits per heavy atom. The Hall–Kier alpha value is -1.55. The van der Waals surface area contributed by atoms with Crippen LogP contribution in [0.3, 0.4) is 0 Å². The number of aryl methyl sites for hydroxylation is 1. The smallest absolute Gasteiger partial charge is 0.150 e. The van der Waals surface area contributed by atoms with Gasteiger partial charge in [-0.3, -0.25) is 0 Å². The third-order valence-corrected chi connectivity index (χ3v) is 4.00. The maximum Gasteiger partial charge on any atom is 0.150 e.